The summed E-state index contributed by atoms with van der Waals surface area (Å²) in [6, 6.07) is 0. The van der Waals surface area contributed by atoms with Crippen LogP contribution in [0.3, 0.4) is 0 Å². The number of hydrogen-bond acceptors (Lipinski definition) is 6. The Balaban J connectivity index is -0.000000240. The Kier molecular flexibility index (Phi) is 13.7. The predicted octanol–water partition coefficient (Wildman–Crippen LogP) is -1.27. The van der Waals surface area contributed by atoms with Crippen LogP contribution in [0.5, 0.6) is 0 Å². The summed E-state index contributed by atoms with van der Waals surface area (Å²) >= 11 is 0. The number of carbonyl (C=O) groups is 3. The topological polar surface area (TPSA) is 197 Å². The molecule has 0 spiro atoms. The molecule has 0 aromatic carbocycles. The molecule has 0 bridgehead atoms. The third-order valence-corrected chi connectivity index (χ3v) is 1.29. The van der Waals surface area contributed by atoms with Gasteiger partial charge in [0.05, 0.1) is 12.8 Å². The molecule has 0 saturated carbocycles. The summed E-state index contributed by atoms with van der Waals surface area (Å²) < 4.78 is 0. The molecule has 0 aliphatic carbocycles. The minimum atomic E-state index is -2.74. The van der Waals surface area contributed by atoms with Crippen LogP contribution < -0.4 is 6.15 Å². The van der Waals surface area contributed by atoms with E-state index in [1.54, 1.807) is 0 Å². The van der Waals surface area contributed by atoms with Crippen LogP contribution >= 0.6 is 0 Å². The zero-order valence-electron chi connectivity index (χ0n) is 7.94. The average molecular weight is 282 g/mol. The maximum Gasteiger partial charge on any atom is 0.336 e. The van der Waals surface area contributed by atoms with Gasteiger partial charge < -0.3 is 32.1 Å². The Labute approximate surface area is 100 Å². The van der Waals surface area contributed by atoms with Gasteiger partial charge >= 0.3 is 17.9 Å². The molecular weight excluding hydrogens is 270 g/mol. The van der Waals surface area contributed by atoms with Crippen LogP contribution in [0.4, 0.5) is 0 Å². The van der Waals surface area contributed by atoms with Crippen LogP contribution in [0.2, 0.25) is 0 Å². The molecule has 9 nitrogen and oxygen atoms in total. The van der Waals surface area contributed by atoms with E-state index in [1.807, 2.05) is 0 Å². The third kappa shape index (κ3) is 8.15. The van der Waals surface area contributed by atoms with E-state index in [1.165, 1.54) is 0 Å². The third-order valence-electron chi connectivity index (χ3n) is 1.29. The second-order valence-corrected chi connectivity index (χ2v) is 2.48. The maximum atomic E-state index is 10.3. The fraction of sp³-hybridized carbons (Fsp3) is 0.500. The molecule has 0 aromatic heterocycles. The Hall–Kier alpha value is -1.19. The first-order valence-electron chi connectivity index (χ1n) is 3.17. The summed E-state index contributed by atoms with van der Waals surface area (Å²) in [6.45, 7) is 0. The molecule has 0 heterocycles. The second kappa shape index (κ2) is 9.07. The molecule has 0 rings (SSSR count). The van der Waals surface area contributed by atoms with Crippen molar-refractivity contribution in [3.8, 4) is 0 Å². The zero-order valence-corrected chi connectivity index (χ0v) is 9.04. The summed E-state index contributed by atoms with van der Waals surface area (Å²) in [5, 5.41) is 33.8. The van der Waals surface area contributed by atoms with E-state index < -0.39 is 36.4 Å². The fourth-order valence-corrected chi connectivity index (χ4v) is 0.714. The molecule has 98 valence electrons. The molecule has 0 fully saturated rings. The SMILES string of the molecule is N.O=C(O)CC(O)(CC(=O)O)C(=O)O.[Fe].[OH-]. The summed E-state index contributed by atoms with van der Waals surface area (Å²) in [5.74, 6) is -5.02. The van der Waals surface area contributed by atoms with Crippen molar-refractivity contribution in [1.82, 2.24) is 6.15 Å². The van der Waals surface area contributed by atoms with Crippen LogP contribution in [-0.2, 0) is 31.5 Å². The van der Waals surface area contributed by atoms with E-state index in [-0.39, 0.29) is 28.7 Å². The van der Waals surface area contributed by atoms with Gasteiger partial charge in [-0.1, -0.05) is 0 Å². The summed E-state index contributed by atoms with van der Waals surface area (Å²) in [7, 11) is 0. The van der Waals surface area contributed by atoms with Gasteiger partial charge in [0.2, 0.25) is 0 Å². The molecule has 8 N–H and O–H groups in total. The molecular formula is C6H12FeNO8-. The van der Waals surface area contributed by atoms with E-state index in [9.17, 15) is 14.4 Å². The van der Waals surface area contributed by atoms with Crippen LogP contribution in [-0.4, -0.2) is 49.4 Å². The monoisotopic (exact) mass is 282 g/mol. The van der Waals surface area contributed by atoms with Gasteiger partial charge in [-0.3, -0.25) is 9.59 Å². The molecule has 0 aliphatic heterocycles. The molecule has 0 saturated heterocycles. The molecule has 10 heteroatoms. The van der Waals surface area contributed by atoms with E-state index >= 15 is 0 Å². The quantitative estimate of drug-likeness (QED) is 0.381. The van der Waals surface area contributed by atoms with Gasteiger partial charge in [0.25, 0.3) is 0 Å². The van der Waals surface area contributed by atoms with Crippen molar-refractivity contribution in [3.05, 3.63) is 0 Å². The van der Waals surface area contributed by atoms with Gasteiger partial charge in [0.15, 0.2) is 5.60 Å². The van der Waals surface area contributed by atoms with Crippen LogP contribution in [0, 0.1) is 0 Å². The number of carboxylic acid groups (broad SMARTS) is 3. The fourth-order valence-electron chi connectivity index (χ4n) is 0.714. The Morgan fingerprint density at radius 1 is 0.938 bits per heavy atom. The predicted molar refractivity (Wildman–Crippen MR) is 44.0 cm³/mol. The minimum Gasteiger partial charge on any atom is -0.870 e. The summed E-state index contributed by atoms with van der Waals surface area (Å²) in [4.78, 5) is 30.5. The first-order valence-corrected chi connectivity index (χ1v) is 3.17. The zero-order chi connectivity index (χ0) is 10.6. The summed E-state index contributed by atoms with van der Waals surface area (Å²) in [6.07, 6.45) is -2.29. The van der Waals surface area contributed by atoms with E-state index in [2.05, 4.69) is 0 Å². The van der Waals surface area contributed by atoms with Gasteiger partial charge in [-0.2, -0.15) is 0 Å². The smallest absolute Gasteiger partial charge is 0.336 e. The van der Waals surface area contributed by atoms with Gasteiger partial charge in [-0.05, 0) is 0 Å². The van der Waals surface area contributed by atoms with Crippen molar-refractivity contribution in [2.45, 2.75) is 18.4 Å². The van der Waals surface area contributed by atoms with E-state index in [0.717, 1.165) is 0 Å². The number of aliphatic carboxylic acids is 3. The van der Waals surface area contributed by atoms with Gasteiger partial charge in [0.1, 0.15) is 0 Å². The maximum absolute atomic E-state index is 10.3. The minimum absolute atomic E-state index is 0. The molecule has 16 heavy (non-hydrogen) atoms. The Morgan fingerprint density at radius 3 is 1.31 bits per heavy atom. The standard InChI is InChI=1S/C6H8O7.Fe.H3N.H2O/c7-3(8)1-6(13,5(11)12)2-4(9)10;;;/h13H,1-2H2,(H,7,8)(H,9,10)(H,11,12);;1H3;1H2/p-1. The van der Waals surface area contributed by atoms with Crippen molar-refractivity contribution in [2.75, 3.05) is 0 Å². The number of hydrogen-bond donors (Lipinski definition) is 5. The van der Waals surface area contributed by atoms with Crippen molar-refractivity contribution < 1.29 is 57.4 Å². The first kappa shape index (κ1) is 24.2. The van der Waals surface area contributed by atoms with E-state index in [0.29, 0.717) is 0 Å². The number of carboxylic acids is 3. The van der Waals surface area contributed by atoms with Crippen LogP contribution in [0.25, 0.3) is 0 Å². The number of rotatable bonds is 5. The molecule has 0 aromatic rings. The van der Waals surface area contributed by atoms with Crippen LogP contribution in [0.1, 0.15) is 12.8 Å². The average Bonchev–Trinajstić information content (AvgIpc) is 1.82. The Bertz CT molecular complexity index is 239. The molecule has 0 atom stereocenters. The summed E-state index contributed by atoms with van der Waals surface area (Å²) in [5.41, 5.74) is -2.74. The van der Waals surface area contributed by atoms with Crippen molar-refractivity contribution in [1.29, 1.82) is 0 Å². The molecule has 0 amide bonds. The van der Waals surface area contributed by atoms with Gasteiger partial charge in [-0.15, -0.1) is 0 Å². The number of aliphatic hydroxyl groups is 1. The van der Waals surface area contributed by atoms with Gasteiger partial charge in [-0.25, -0.2) is 4.79 Å². The second-order valence-electron chi connectivity index (χ2n) is 2.48. The van der Waals surface area contributed by atoms with Crippen LogP contribution in [0.15, 0.2) is 0 Å². The molecule has 0 radical (unpaired) electrons. The molecule has 0 aliphatic rings. The molecule has 0 unspecified atom stereocenters. The van der Waals surface area contributed by atoms with Crippen molar-refractivity contribution in [2.24, 2.45) is 0 Å². The normalized spacial score (nSPS) is 8.81. The van der Waals surface area contributed by atoms with Crippen molar-refractivity contribution in [3.63, 3.8) is 0 Å². The van der Waals surface area contributed by atoms with E-state index in [4.69, 9.17) is 20.4 Å². The largest absolute Gasteiger partial charge is 0.870 e. The first-order chi connectivity index (χ1) is 5.78. The Morgan fingerprint density at radius 2 is 1.19 bits per heavy atom. The van der Waals surface area contributed by atoms with Crippen molar-refractivity contribution >= 4 is 17.9 Å². The van der Waals surface area contributed by atoms with Gasteiger partial charge in [0, 0.05) is 17.1 Å².